The number of benzene rings is 1. The van der Waals surface area contributed by atoms with Crippen molar-refractivity contribution >= 4 is 40.9 Å². The van der Waals surface area contributed by atoms with E-state index in [1.165, 1.54) is 0 Å². The third kappa shape index (κ3) is 8.64. The fourth-order valence-corrected chi connectivity index (χ4v) is 6.10. The van der Waals surface area contributed by atoms with E-state index in [0.29, 0.717) is 25.1 Å². The second-order valence-electron chi connectivity index (χ2n) is 9.73. The average molecular weight is 533 g/mol. The van der Waals surface area contributed by atoms with Crippen molar-refractivity contribution in [2.75, 3.05) is 25.4 Å². The Morgan fingerprint density at radius 2 is 1.94 bits per heavy atom. The van der Waals surface area contributed by atoms with Gasteiger partial charge >= 0.3 is 11.9 Å². The van der Waals surface area contributed by atoms with E-state index >= 15 is 0 Å². The second-order valence-corrected chi connectivity index (χ2v) is 11.7. The van der Waals surface area contributed by atoms with Gasteiger partial charge in [-0.05, 0) is 68.5 Å². The molecule has 2 aromatic rings. The summed E-state index contributed by atoms with van der Waals surface area (Å²) >= 11 is 3.26. The SMILES string of the molecule is CCOC(=O)C(CCc1ccccc1)NC1CSC(c2ccsc2)CN(CC(=O)OC(C)(C)C)C1=O. The van der Waals surface area contributed by atoms with Gasteiger partial charge in [0.05, 0.1) is 12.6 Å². The Morgan fingerprint density at radius 1 is 1.19 bits per heavy atom. The quantitative estimate of drug-likeness (QED) is 0.459. The molecule has 7 nitrogen and oxygen atoms in total. The van der Waals surface area contributed by atoms with Crippen LogP contribution in [0.1, 0.15) is 50.5 Å². The minimum Gasteiger partial charge on any atom is -0.465 e. The number of thioether (sulfide) groups is 1. The van der Waals surface area contributed by atoms with Gasteiger partial charge in [-0.2, -0.15) is 11.3 Å². The van der Waals surface area contributed by atoms with Gasteiger partial charge in [0, 0.05) is 17.5 Å². The van der Waals surface area contributed by atoms with E-state index in [9.17, 15) is 14.4 Å². The number of amides is 1. The van der Waals surface area contributed by atoms with Crippen LogP contribution in [0.5, 0.6) is 0 Å². The summed E-state index contributed by atoms with van der Waals surface area (Å²) in [5.41, 5.74) is 1.59. The highest BCUT2D eigenvalue weighted by Crippen LogP contribution is 2.34. The first-order valence-electron chi connectivity index (χ1n) is 12.3. The number of thiophene rings is 1. The lowest BCUT2D eigenvalue weighted by Gasteiger charge is -2.28. The summed E-state index contributed by atoms with van der Waals surface area (Å²) in [5, 5.41) is 7.39. The third-order valence-electron chi connectivity index (χ3n) is 5.65. The minimum absolute atomic E-state index is 0.0276. The lowest BCUT2D eigenvalue weighted by atomic mass is 10.0. The number of ether oxygens (including phenoxy) is 2. The molecule has 1 aliphatic heterocycles. The predicted octanol–water partition coefficient (Wildman–Crippen LogP) is 4.23. The molecule has 0 aliphatic carbocycles. The monoisotopic (exact) mass is 532 g/mol. The Kier molecular flexibility index (Phi) is 10.4. The van der Waals surface area contributed by atoms with Gasteiger partial charge in [0.15, 0.2) is 0 Å². The topological polar surface area (TPSA) is 84.9 Å². The molecule has 0 radical (unpaired) electrons. The van der Waals surface area contributed by atoms with Crippen LogP contribution in [-0.4, -0.2) is 65.9 Å². The standard InChI is InChI=1S/C27H36N2O5S2/c1-5-33-26(32)21(12-11-19-9-7-6-8-10-19)28-22-18-36-23(20-13-14-35-17-20)15-29(25(22)31)16-24(30)34-27(2,3)4/h6-10,13-14,17,21-23,28H,5,11-12,15-16,18H2,1-4H3. The number of carbonyl (C=O) groups excluding carboxylic acids is 3. The van der Waals surface area contributed by atoms with E-state index < -0.39 is 23.7 Å². The summed E-state index contributed by atoms with van der Waals surface area (Å²) in [6, 6.07) is 10.7. The number of nitrogens with zero attached hydrogens (tertiary/aromatic N) is 1. The molecule has 1 saturated heterocycles. The smallest absolute Gasteiger partial charge is 0.326 e. The zero-order valence-corrected chi connectivity index (χ0v) is 23.0. The van der Waals surface area contributed by atoms with Gasteiger partial charge in [-0.1, -0.05) is 30.3 Å². The highest BCUT2D eigenvalue weighted by Gasteiger charge is 2.36. The molecule has 2 heterocycles. The number of hydrogen-bond donors (Lipinski definition) is 1. The summed E-state index contributed by atoms with van der Waals surface area (Å²) < 4.78 is 10.8. The Balaban J connectivity index is 1.78. The van der Waals surface area contributed by atoms with Crippen molar-refractivity contribution in [3.8, 4) is 0 Å². The van der Waals surface area contributed by atoms with E-state index in [-0.39, 0.29) is 30.3 Å². The van der Waals surface area contributed by atoms with Gasteiger partial charge in [0.25, 0.3) is 0 Å². The Hall–Kier alpha value is -2.36. The molecule has 1 aliphatic rings. The second kappa shape index (κ2) is 13.3. The molecular formula is C27H36N2O5S2. The molecule has 1 N–H and O–H groups in total. The molecule has 0 bridgehead atoms. The van der Waals surface area contributed by atoms with E-state index in [1.54, 1.807) is 55.7 Å². The molecule has 36 heavy (non-hydrogen) atoms. The fraction of sp³-hybridized carbons (Fsp3) is 0.519. The molecule has 0 spiro atoms. The third-order valence-corrected chi connectivity index (χ3v) is 7.70. The van der Waals surface area contributed by atoms with Crippen LogP contribution in [-0.2, 0) is 30.3 Å². The van der Waals surface area contributed by atoms with Crippen LogP contribution in [0.4, 0.5) is 0 Å². The van der Waals surface area contributed by atoms with Crippen molar-refractivity contribution in [3.05, 3.63) is 58.3 Å². The van der Waals surface area contributed by atoms with Gasteiger partial charge < -0.3 is 14.4 Å². The largest absolute Gasteiger partial charge is 0.465 e. The molecule has 1 amide bonds. The van der Waals surface area contributed by atoms with Crippen molar-refractivity contribution in [3.63, 3.8) is 0 Å². The summed E-state index contributed by atoms with van der Waals surface area (Å²) in [5.74, 6) is -0.550. The molecule has 3 atom stereocenters. The van der Waals surface area contributed by atoms with Gasteiger partial charge in [0.1, 0.15) is 18.2 Å². The number of hydrogen-bond acceptors (Lipinski definition) is 8. The van der Waals surface area contributed by atoms with E-state index in [1.807, 2.05) is 41.8 Å². The normalized spacial score (nSPS) is 19.4. The number of nitrogens with one attached hydrogen (secondary N) is 1. The van der Waals surface area contributed by atoms with Crippen LogP contribution in [0.3, 0.4) is 0 Å². The summed E-state index contributed by atoms with van der Waals surface area (Å²) in [6.45, 7) is 7.71. The first-order chi connectivity index (χ1) is 17.2. The number of aryl methyl sites for hydroxylation is 1. The van der Waals surface area contributed by atoms with Crippen molar-refractivity contribution in [1.82, 2.24) is 10.2 Å². The van der Waals surface area contributed by atoms with Crippen molar-refractivity contribution < 1.29 is 23.9 Å². The first-order valence-corrected chi connectivity index (χ1v) is 14.3. The highest BCUT2D eigenvalue weighted by molar-refractivity contribution is 7.99. The maximum atomic E-state index is 13.6. The maximum absolute atomic E-state index is 13.6. The predicted molar refractivity (Wildman–Crippen MR) is 144 cm³/mol. The van der Waals surface area contributed by atoms with Gasteiger partial charge in [-0.3, -0.25) is 19.7 Å². The molecule has 1 aromatic carbocycles. The molecule has 3 unspecified atom stereocenters. The fourth-order valence-electron chi connectivity index (χ4n) is 4.01. The molecule has 1 fully saturated rings. The van der Waals surface area contributed by atoms with E-state index in [2.05, 4.69) is 10.7 Å². The van der Waals surface area contributed by atoms with Crippen LogP contribution in [0.25, 0.3) is 0 Å². The lowest BCUT2D eigenvalue weighted by Crippen LogP contribution is -2.54. The first kappa shape index (κ1) is 28.2. The van der Waals surface area contributed by atoms with E-state index in [0.717, 1.165) is 11.1 Å². The van der Waals surface area contributed by atoms with Gasteiger partial charge in [0.2, 0.25) is 5.91 Å². The van der Waals surface area contributed by atoms with Crippen molar-refractivity contribution in [1.29, 1.82) is 0 Å². The molecule has 196 valence electrons. The Morgan fingerprint density at radius 3 is 2.58 bits per heavy atom. The molecule has 9 heteroatoms. The number of carbonyl (C=O) groups is 3. The van der Waals surface area contributed by atoms with Gasteiger partial charge in [-0.25, -0.2) is 0 Å². The zero-order valence-electron chi connectivity index (χ0n) is 21.4. The molecule has 3 rings (SSSR count). The number of rotatable bonds is 10. The van der Waals surface area contributed by atoms with Gasteiger partial charge in [-0.15, -0.1) is 11.8 Å². The van der Waals surface area contributed by atoms with Crippen LogP contribution in [0.15, 0.2) is 47.2 Å². The maximum Gasteiger partial charge on any atom is 0.326 e. The molecular weight excluding hydrogens is 496 g/mol. The average Bonchev–Trinajstić information content (AvgIpc) is 3.31. The number of esters is 2. The minimum atomic E-state index is -0.641. The summed E-state index contributed by atoms with van der Waals surface area (Å²) in [4.78, 5) is 40.7. The van der Waals surface area contributed by atoms with Crippen LogP contribution < -0.4 is 5.32 Å². The molecule has 0 saturated carbocycles. The highest BCUT2D eigenvalue weighted by atomic mass is 32.2. The summed E-state index contributed by atoms with van der Waals surface area (Å²) in [6.07, 6.45) is 1.17. The zero-order chi connectivity index (χ0) is 26.1. The van der Waals surface area contributed by atoms with Crippen molar-refractivity contribution in [2.45, 2.75) is 63.5 Å². The van der Waals surface area contributed by atoms with Crippen LogP contribution in [0, 0.1) is 0 Å². The van der Waals surface area contributed by atoms with E-state index in [4.69, 9.17) is 9.47 Å². The molecule has 1 aromatic heterocycles. The Labute approximate surface area is 221 Å². The van der Waals surface area contributed by atoms with Crippen LogP contribution >= 0.6 is 23.1 Å². The Bertz CT molecular complexity index is 991. The van der Waals surface area contributed by atoms with Crippen LogP contribution in [0.2, 0.25) is 0 Å². The summed E-state index contributed by atoms with van der Waals surface area (Å²) in [7, 11) is 0. The lowest BCUT2D eigenvalue weighted by molar-refractivity contribution is -0.159. The van der Waals surface area contributed by atoms with Crippen molar-refractivity contribution in [2.24, 2.45) is 0 Å².